The maximum Gasteiger partial charge on any atom is 0.390 e. The lowest BCUT2D eigenvalue weighted by molar-refractivity contribution is -0.389. The minimum absolute atomic E-state index is 0.187. The van der Waals surface area contributed by atoms with Crippen molar-refractivity contribution in [3.63, 3.8) is 0 Å². The fourth-order valence-electron chi connectivity index (χ4n) is 1.53. The van der Waals surface area contributed by atoms with E-state index < -0.39 is 16.8 Å². The highest BCUT2D eigenvalue weighted by Crippen LogP contribution is 2.10. The summed E-state index contributed by atoms with van der Waals surface area (Å²) in [5, 5.41) is 16.7. The molecule has 0 radical (unpaired) electrons. The van der Waals surface area contributed by atoms with Crippen LogP contribution < -0.4 is 5.32 Å². The summed E-state index contributed by atoms with van der Waals surface area (Å²) in [7, 11) is 0. The summed E-state index contributed by atoms with van der Waals surface area (Å²) >= 11 is 0. The van der Waals surface area contributed by atoms with Crippen LogP contribution >= 0.6 is 0 Å². The number of carbonyl (C=O) groups is 2. The lowest BCUT2D eigenvalue weighted by Gasteiger charge is -2.04. The van der Waals surface area contributed by atoms with Gasteiger partial charge in [0, 0.05) is 11.8 Å². The van der Waals surface area contributed by atoms with Crippen molar-refractivity contribution in [1.29, 1.82) is 0 Å². The molecule has 0 bridgehead atoms. The van der Waals surface area contributed by atoms with Crippen molar-refractivity contribution >= 4 is 17.7 Å². The van der Waals surface area contributed by atoms with Crippen molar-refractivity contribution in [3.8, 4) is 0 Å². The van der Waals surface area contributed by atoms with Crippen molar-refractivity contribution in [2.24, 2.45) is 0 Å². The van der Waals surface area contributed by atoms with Gasteiger partial charge in [-0.1, -0.05) is 0 Å². The molecule has 0 aliphatic heterocycles. The molecule has 0 unspecified atom stereocenters. The van der Waals surface area contributed by atoms with Crippen LogP contribution in [0.1, 0.15) is 19.5 Å². The first-order valence-electron chi connectivity index (χ1n) is 6.17. The topological polar surface area (TPSA) is 116 Å². The predicted octanol–water partition coefficient (Wildman–Crippen LogP) is 0.683. The van der Waals surface area contributed by atoms with Crippen molar-refractivity contribution in [2.45, 2.75) is 27.3 Å². The number of rotatable bonds is 6. The molecule has 114 valence electrons. The molecule has 1 heterocycles. The van der Waals surface area contributed by atoms with E-state index in [1.54, 1.807) is 13.8 Å². The van der Waals surface area contributed by atoms with E-state index in [4.69, 9.17) is 4.74 Å². The largest absolute Gasteiger partial charge is 0.463 e. The molecular weight excluding hydrogens is 280 g/mol. The van der Waals surface area contributed by atoms with Gasteiger partial charge in [0.2, 0.25) is 5.91 Å². The molecule has 0 aromatic carbocycles. The molecule has 0 aliphatic carbocycles. The molecule has 1 aromatic heterocycles. The van der Waals surface area contributed by atoms with Gasteiger partial charge in [0.25, 0.3) is 0 Å². The average molecular weight is 296 g/mol. The molecule has 0 spiro atoms. The minimum atomic E-state index is -0.632. The van der Waals surface area contributed by atoms with Crippen LogP contribution in [0, 0.1) is 17.0 Å². The maximum atomic E-state index is 11.8. The van der Waals surface area contributed by atoms with Gasteiger partial charge in [-0.25, -0.2) is 4.79 Å². The van der Waals surface area contributed by atoms with E-state index >= 15 is 0 Å². The van der Waals surface area contributed by atoms with E-state index in [1.165, 1.54) is 17.7 Å². The zero-order chi connectivity index (χ0) is 16.0. The molecule has 1 N–H and O–H groups in total. The number of nitrogens with one attached hydrogen (secondary N) is 1. The number of nitro groups is 1. The first kappa shape index (κ1) is 16.3. The number of hydrogen-bond donors (Lipinski definition) is 1. The molecule has 0 fully saturated rings. The van der Waals surface area contributed by atoms with Crippen molar-refractivity contribution in [3.05, 3.63) is 33.6 Å². The molecule has 0 atom stereocenters. The summed E-state index contributed by atoms with van der Waals surface area (Å²) in [5.74, 6) is -1.32. The van der Waals surface area contributed by atoms with Gasteiger partial charge in [0.05, 0.1) is 23.5 Å². The molecule has 1 rings (SSSR count). The molecule has 0 saturated heterocycles. The Bertz CT molecular complexity index is 590. The number of carbonyl (C=O) groups excluding carboxylic acids is 2. The normalized spacial score (nSPS) is 11.1. The fraction of sp³-hybridized carbons (Fsp3) is 0.417. The highest BCUT2D eigenvalue weighted by Gasteiger charge is 2.17. The monoisotopic (exact) mass is 296 g/mol. The van der Waals surface area contributed by atoms with Gasteiger partial charge in [-0.3, -0.25) is 4.79 Å². The number of ether oxygens (including phenoxy) is 1. The van der Waals surface area contributed by atoms with Crippen LogP contribution in [-0.2, 0) is 20.9 Å². The van der Waals surface area contributed by atoms with Crippen molar-refractivity contribution in [1.82, 2.24) is 15.1 Å². The second-order valence-corrected chi connectivity index (χ2v) is 4.19. The summed E-state index contributed by atoms with van der Waals surface area (Å²) in [6.07, 6.45) is 1.15. The van der Waals surface area contributed by atoms with Crippen molar-refractivity contribution in [2.75, 3.05) is 6.61 Å². The van der Waals surface area contributed by atoms with Crippen LogP contribution in [0.4, 0.5) is 5.82 Å². The third-order valence-corrected chi connectivity index (χ3v) is 2.41. The van der Waals surface area contributed by atoms with E-state index in [9.17, 15) is 19.7 Å². The zero-order valence-electron chi connectivity index (χ0n) is 12.0. The van der Waals surface area contributed by atoms with Gasteiger partial charge in [0.1, 0.15) is 6.54 Å². The molecule has 1 aromatic rings. The van der Waals surface area contributed by atoms with Crippen molar-refractivity contribution < 1.29 is 19.2 Å². The van der Waals surface area contributed by atoms with Gasteiger partial charge < -0.3 is 20.2 Å². The van der Waals surface area contributed by atoms with Crippen LogP contribution in [0.25, 0.3) is 0 Å². The van der Waals surface area contributed by atoms with Crippen LogP contribution in [0.5, 0.6) is 0 Å². The van der Waals surface area contributed by atoms with Gasteiger partial charge >= 0.3 is 11.8 Å². The van der Waals surface area contributed by atoms with Crippen LogP contribution in [0.15, 0.2) is 17.8 Å². The minimum Gasteiger partial charge on any atom is -0.463 e. The molecule has 21 heavy (non-hydrogen) atoms. The fourth-order valence-corrected chi connectivity index (χ4v) is 1.53. The Kier molecular flexibility index (Phi) is 5.58. The van der Waals surface area contributed by atoms with E-state index in [-0.39, 0.29) is 19.0 Å². The number of aryl methyl sites for hydroxylation is 1. The van der Waals surface area contributed by atoms with Gasteiger partial charge in [-0.2, -0.15) is 4.68 Å². The smallest absolute Gasteiger partial charge is 0.390 e. The number of allylic oxidation sites excluding steroid dienone is 1. The highest BCUT2D eigenvalue weighted by atomic mass is 16.6. The Labute approximate surface area is 120 Å². The Morgan fingerprint density at radius 3 is 2.76 bits per heavy atom. The SMILES string of the molecule is CCOC(=O)/C=C(\C)NC(=O)Cn1nc([N+](=O)[O-])cc1C. The number of aromatic nitrogens is 2. The van der Waals surface area contributed by atoms with E-state index in [0.717, 1.165) is 6.08 Å². The molecule has 9 nitrogen and oxygen atoms in total. The number of nitrogens with zero attached hydrogens (tertiary/aromatic N) is 3. The second kappa shape index (κ2) is 7.17. The molecule has 1 amide bonds. The first-order valence-corrected chi connectivity index (χ1v) is 6.17. The number of amides is 1. The Balaban J connectivity index is 2.65. The van der Waals surface area contributed by atoms with Gasteiger partial charge in [0.15, 0.2) is 0 Å². The number of esters is 1. The summed E-state index contributed by atoms with van der Waals surface area (Å²) in [6.45, 7) is 4.87. The maximum absolute atomic E-state index is 11.8. The second-order valence-electron chi connectivity index (χ2n) is 4.19. The van der Waals surface area contributed by atoms with Gasteiger partial charge in [-0.15, -0.1) is 0 Å². The lowest BCUT2D eigenvalue weighted by atomic mass is 10.4. The molecule has 0 saturated carbocycles. The van der Waals surface area contributed by atoms with Crippen LogP contribution in [0.3, 0.4) is 0 Å². The molecule has 0 aliphatic rings. The average Bonchev–Trinajstić information content (AvgIpc) is 2.70. The van der Waals surface area contributed by atoms with Crippen LogP contribution in [-0.4, -0.2) is 33.2 Å². The molecular formula is C12H16N4O5. The third-order valence-electron chi connectivity index (χ3n) is 2.41. The lowest BCUT2D eigenvalue weighted by Crippen LogP contribution is -2.27. The standard InChI is InChI=1S/C12H16N4O5/c1-4-21-12(18)5-8(2)13-11(17)7-15-9(3)6-10(14-15)16(19)20/h5-6H,4,7H2,1-3H3,(H,13,17)/b8-5+. The summed E-state index contributed by atoms with van der Waals surface area (Å²) in [4.78, 5) is 32.9. The van der Waals surface area contributed by atoms with E-state index in [2.05, 4.69) is 10.4 Å². The predicted molar refractivity (Wildman–Crippen MR) is 72.2 cm³/mol. The van der Waals surface area contributed by atoms with E-state index in [1.807, 2.05) is 0 Å². The highest BCUT2D eigenvalue weighted by molar-refractivity contribution is 5.84. The first-order chi connectivity index (χ1) is 9.83. The van der Waals surface area contributed by atoms with Crippen LogP contribution in [0.2, 0.25) is 0 Å². The Hall–Kier alpha value is -2.71. The quantitative estimate of drug-likeness (QED) is 0.357. The summed E-state index contributed by atoms with van der Waals surface area (Å²) in [6, 6.07) is 1.27. The number of hydrogen-bond acceptors (Lipinski definition) is 6. The van der Waals surface area contributed by atoms with Gasteiger partial charge in [-0.05, 0) is 25.7 Å². The third kappa shape index (κ3) is 5.05. The van der Waals surface area contributed by atoms with E-state index in [0.29, 0.717) is 11.4 Å². The molecule has 9 heteroatoms. The Morgan fingerprint density at radius 1 is 1.57 bits per heavy atom. The summed E-state index contributed by atoms with van der Waals surface area (Å²) in [5.41, 5.74) is 0.807. The summed E-state index contributed by atoms with van der Waals surface area (Å²) < 4.78 is 5.92. The Morgan fingerprint density at radius 2 is 2.24 bits per heavy atom. The zero-order valence-corrected chi connectivity index (χ0v) is 12.0.